The fourth-order valence-electron chi connectivity index (χ4n) is 2.34. The zero-order valence-corrected chi connectivity index (χ0v) is 12.1. The number of aliphatic carboxylic acids is 1. The van der Waals surface area contributed by atoms with E-state index in [4.69, 9.17) is 5.11 Å². The third kappa shape index (κ3) is 2.45. The van der Waals surface area contributed by atoms with Crippen LogP contribution in [0.5, 0.6) is 0 Å². The summed E-state index contributed by atoms with van der Waals surface area (Å²) < 4.78 is 1.64. The number of hydrogen-bond donors (Lipinski definition) is 2. The number of rotatable bonds is 5. The molecule has 0 saturated heterocycles. The predicted molar refractivity (Wildman–Crippen MR) is 77.2 cm³/mol. The number of carboxylic acid groups (broad SMARTS) is 1. The lowest BCUT2D eigenvalue weighted by Gasteiger charge is -2.17. The minimum atomic E-state index is -1.21. The number of hydrogen-bond acceptors (Lipinski definition) is 4. The van der Waals surface area contributed by atoms with Gasteiger partial charge in [0.05, 0.1) is 11.7 Å². The van der Waals surface area contributed by atoms with Gasteiger partial charge in [0.2, 0.25) is 5.91 Å². The average molecular weight is 300 g/mol. The molecule has 2 N–H and O–H groups in total. The summed E-state index contributed by atoms with van der Waals surface area (Å²) in [6, 6.07) is 7.24. The van der Waals surface area contributed by atoms with Gasteiger partial charge in [-0.05, 0) is 37.5 Å². The summed E-state index contributed by atoms with van der Waals surface area (Å²) in [6.07, 6.45) is 3.87. The van der Waals surface area contributed by atoms with Crippen LogP contribution in [0, 0.1) is 5.41 Å². The number of nitrogens with one attached hydrogen (secondary N) is 1. The molecule has 1 aliphatic rings. The van der Waals surface area contributed by atoms with E-state index in [1.54, 1.807) is 11.0 Å². The number of carbonyl (C=O) groups is 2. The molecule has 0 spiro atoms. The van der Waals surface area contributed by atoms with Crippen LogP contribution in [0.25, 0.3) is 5.69 Å². The first-order chi connectivity index (χ1) is 10.5. The van der Waals surface area contributed by atoms with Gasteiger partial charge >= 0.3 is 5.97 Å². The van der Waals surface area contributed by atoms with Crippen molar-refractivity contribution in [2.75, 3.05) is 0 Å². The van der Waals surface area contributed by atoms with Gasteiger partial charge < -0.3 is 10.4 Å². The number of aromatic nitrogens is 3. The van der Waals surface area contributed by atoms with Crippen LogP contribution < -0.4 is 5.32 Å². The Balaban J connectivity index is 1.69. The van der Waals surface area contributed by atoms with Gasteiger partial charge in [-0.25, -0.2) is 9.67 Å². The number of amides is 1. The van der Waals surface area contributed by atoms with Crippen molar-refractivity contribution >= 4 is 11.9 Å². The van der Waals surface area contributed by atoms with Crippen molar-refractivity contribution < 1.29 is 14.7 Å². The maximum atomic E-state index is 12.1. The second-order valence-electron chi connectivity index (χ2n) is 5.51. The Labute approximate surface area is 127 Å². The van der Waals surface area contributed by atoms with Gasteiger partial charge in [-0.3, -0.25) is 9.59 Å². The molecule has 0 radical (unpaired) electrons. The summed E-state index contributed by atoms with van der Waals surface area (Å²) in [7, 11) is 0. The molecule has 22 heavy (non-hydrogen) atoms. The van der Waals surface area contributed by atoms with Crippen LogP contribution in [-0.2, 0) is 9.59 Å². The molecule has 7 heteroatoms. The molecule has 1 heterocycles. The van der Waals surface area contributed by atoms with E-state index in [0.717, 1.165) is 11.3 Å². The summed E-state index contributed by atoms with van der Waals surface area (Å²) in [5.41, 5.74) is 0.553. The predicted octanol–water partition coefficient (Wildman–Crippen LogP) is 1.31. The highest BCUT2D eigenvalue weighted by atomic mass is 16.4. The first-order valence-electron chi connectivity index (χ1n) is 7.02. The first-order valence-corrected chi connectivity index (χ1v) is 7.02. The zero-order chi connectivity index (χ0) is 15.7. The quantitative estimate of drug-likeness (QED) is 0.811. The van der Waals surface area contributed by atoms with Crippen LogP contribution in [0.15, 0.2) is 36.9 Å². The van der Waals surface area contributed by atoms with Crippen LogP contribution in [-0.4, -0.2) is 31.7 Å². The zero-order valence-electron chi connectivity index (χ0n) is 12.1. The fraction of sp³-hybridized carbons (Fsp3) is 0.333. The second kappa shape index (κ2) is 5.25. The summed E-state index contributed by atoms with van der Waals surface area (Å²) in [5.74, 6) is -1.45. The normalized spacial score (nSPS) is 16.8. The van der Waals surface area contributed by atoms with Crippen molar-refractivity contribution in [1.29, 1.82) is 0 Å². The highest BCUT2D eigenvalue weighted by Gasteiger charge is 2.57. The van der Waals surface area contributed by atoms with E-state index in [9.17, 15) is 9.59 Å². The van der Waals surface area contributed by atoms with Crippen LogP contribution in [0.4, 0.5) is 0 Å². The molecule has 1 aliphatic carbocycles. The third-order valence-corrected chi connectivity index (χ3v) is 4.02. The Bertz CT molecular complexity index is 690. The summed E-state index contributed by atoms with van der Waals surface area (Å²) in [6.45, 7) is 1.83. The molecule has 1 atom stereocenters. The molecule has 2 aromatic rings. The molecule has 1 fully saturated rings. The lowest BCUT2D eigenvalue weighted by atomic mass is 10.0. The van der Waals surface area contributed by atoms with Gasteiger partial charge in [-0.15, -0.1) is 0 Å². The highest BCUT2D eigenvalue weighted by molar-refractivity contribution is 6.04. The topological polar surface area (TPSA) is 97.1 Å². The first kappa shape index (κ1) is 14.2. The molecule has 1 aromatic carbocycles. The molecule has 114 valence electrons. The van der Waals surface area contributed by atoms with E-state index in [1.165, 1.54) is 6.33 Å². The Morgan fingerprint density at radius 1 is 1.32 bits per heavy atom. The van der Waals surface area contributed by atoms with E-state index >= 15 is 0 Å². The largest absolute Gasteiger partial charge is 0.480 e. The standard InChI is InChI=1S/C15H16N4O3/c1-10(18-13(20)15(6-7-15)14(21)22)11-2-4-12(5-3-11)19-9-16-8-17-19/h2-5,8-10H,6-7H2,1H3,(H,18,20)(H,21,22). The van der Waals surface area contributed by atoms with Crippen LogP contribution in [0.1, 0.15) is 31.4 Å². The Kier molecular flexibility index (Phi) is 3.40. The van der Waals surface area contributed by atoms with Gasteiger partial charge in [0, 0.05) is 0 Å². The molecule has 1 amide bonds. The maximum absolute atomic E-state index is 12.1. The lowest BCUT2D eigenvalue weighted by molar-refractivity contribution is -0.149. The average Bonchev–Trinajstić information content (AvgIpc) is 3.16. The molecule has 1 unspecified atom stereocenters. The van der Waals surface area contributed by atoms with Crippen molar-refractivity contribution in [3.63, 3.8) is 0 Å². The van der Waals surface area contributed by atoms with Crippen molar-refractivity contribution in [3.05, 3.63) is 42.5 Å². The number of carbonyl (C=O) groups excluding carboxylic acids is 1. The Morgan fingerprint density at radius 3 is 2.50 bits per heavy atom. The summed E-state index contributed by atoms with van der Waals surface area (Å²) >= 11 is 0. The molecular weight excluding hydrogens is 284 g/mol. The van der Waals surface area contributed by atoms with Crippen molar-refractivity contribution in [2.45, 2.75) is 25.8 Å². The highest BCUT2D eigenvalue weighted by Crippen LogP contribution is 2.46. The van der Waals surface area contributed by atoms with Gasteiger partial charge in [0.15, 0.2) is 0 Å². The van der Waals surface area contributed by atoms with Crippen LogP contribution in [0.3, 0.4) is 0 Å². The smallest absolute Gasteiger partial charge is 0.319 e. The molecular formula is C15H16N4O3. The Morgan fingerprint density at radius 2 is 2.00 bits per heavy atom. The van der Waals surface area contributed by atoms with Gasteiger partial charge in [0.1, 0.15) is 18.1 Å². The van der Waals surface area contributed by atoms with Gasteiger partial charge in [-0.1, -0.05) is 12.1 Å². The SMILES string of the molecule is CC(NC(=O)C1(C(=O)O)CC1)c1ccc(-n2cncn2)cc1. The maximum Gasteiger partial charge on any atom is 0.319 e. The third-order valence-electron chi connectivity index (χ3n) is 4.02. The van der Waals surface area contributed by atoms with Crippen molar-refractivity contribution in [2.24, 2.45) is 5.41 Å². The van der Waals surface area contributed by atoms with E-state index in [0.29, 0.717) is 12.8 Å². The van der Waals surface area contributed by atoms with E-state index in [2.05, 4.69) is 15.4 Å². The molecule has 0 aliphatic heterocycles. The number of benzene rings is 1. The molecule has 7 nitrogen and oxygen atoms in total. The number of carboxylic acids is 1. The van der Waals surface area contributed by atoms with Crippen molar-refractivity contribution in [3.8, 4) is 5.69 Å². The summed E-state index contributed by atoms with van der Waals surface area (Å²) in [4.78, 5) is 27.1. The fourth-order valence-corrected chi connectivity index (χ4v) is 2.34. The van der Waals surface area contributed by atoms with Gasteiger partial charge in [-0.2, -0.15) is 5.10 Å². The van der Waals surface area contributed by atoms with E-state index < -0.39 is 17.3 Å². The van der Waals surface area contributed by atoms with E-state index in [-0.39, 0.29) is 6.04 Å². The van der Waals surface area contributed by atoms with Crippen LogP contribution in [0.2, 0.25) is 0 Å². The second-order valence-corrected chi connectivity index (χ2v) is 5.51. The van der Waals surface area contributed by atoms with Gasteiger partial charge in [0.25, 0.3) is 0 Å². The van der Waals surface area contributed by atoms with Crippen molar-refractivity contribution in [1.82, 2.24) is 20.1 Å². The number of nitrogens with zero attached hydrogens (tertiary/aromatic N) is 3. The molecule has 1 aromatic heterocycles. The van der Waals surface area contributed by atoms with Crippen LogP contribution >= 0.6 is 0 Å². The Hall–Kier alpha value is -2.70. The monoisotopic (exact) mass is 300 g/mol. The molecule has 1 saturated carbocycles. The van der Waals surface area contributed by atoms with E-state index in [1.807, 2.05) is 31.2 Å². The summed E-state index contributed by atoms with van der Waals surface area (Å²) in [5, 5.41) is 15.9. The molecule has 3 rings (SSSR count). The minimum absolute atomic E-state index is 0.255. The lowest BCUT2D eigenvalue weighted by Crippen LogP contribution is -2.38. The minimum Gasteiger partial charge on any atom is -0.480 e. The molecule has 0 bridgehead atoms.